The highest BCUT2D eigenvalue weighted by atomic mass is 32.2. The zero-order valence-corrected chi connectivity index (χ0v) is 12.7. The number of benzene rings is 1. The van der Waals surface area contributed by atoms with Gasteiger partial charge in [-0.05, 0) is 30.2 Å². The minimum atomic E-state index is -3.36. The lowest BCUT2D eigenvalue weighted by molar-refractivity contribution is 0.520. The smallest absolute Gasteiger partial charge is 0.242 e. The molecule has 0 spiro atoms. The molecular formula is C13H23N3O2S. The minimum Gasteiger partial charge on any atom is -0.381 e. The molecule has 1 aromatic carbocycles. The zero-order valence-electron chi connectivity index (χ0n) is 11.9. The van der Waals surface area contributed by atoms with E-state index in [1.165, 1.54) is 18.4 Å². The van der Waals surface area contributed by atoms with E-state index in [1.54, 1.807) is 24.3 Å². The Morgan fingerprint density at radius 2 is 1.74 bits per heavy atom. The number of hydrogen-bond donors (Lipinski definition) is 2. The van der Waals surface area contributed by atoms with Gasteiger partial charge in [-0.25, -0.2) is 12.7 Å². The zero-order chi connectivity index (χ0) is 14.6. The van der Waals surface area contributed by atoms with Gasteiger partial charge in [0, 0.05) is 32.4 Å². The summed E-state index contributed by atoms with van der Waals surface area (Å²) in [5.74, 6) is 0.412. The minimum absolute atomic E-state index is 0.177. The summed E-state index contributed by atoms with van der Waals surface area (Å²) in [4.78, 5) is 0.289. The summed E-state index contributed by atoms with van der Waals surface area (Å²) >= 11 is 0. The van der Waals surface area contributed by atoms with Crippen molar-refractivity contribution in [2.24, 2.45) is 11.7 Å². The number of nitrogens with two attached hydrogens (primary N) is 1. The van der Waals surface area contributed by atoms with E-state index in [0.717, 1.165) is 5.69 Å². The molecule has 0 amide bonds. The van der Waals surface area contributed by atoms with E-state index < -0.39 is 10.0 Å². The van der Waals surface area contributed by atoms with E-state index in [4.69, 9.17) is 5.73 Å². The molecule has 0 radical (unpaired) electrons. The van der Waals surface area contributed by atoms with Gasteiger partial charge in [-0.1, -0.05) is 13.8 Å². The van der Waals surface area contributed by atoms with Crippen molar-refractivity contribution in [3.8, 4) is 0 Å². The van der Waals surface area contributed by atoms with Crippen LogP contribution in [0.15, 0.2) is 29.2 Å². The topological polar surface area (TPSA) is 75.4 Å². The molecular weight excluding hydrogens is 262 g/mol. The first-order chi connectivity index (χ1) is 8.78. The molecule has 0 aromatic heterocycles. The molecule has 0 aliphatic rings. The van der Waals surface area contributed by atoms with E-state index in [-0.39, 0.29) is 10.9 Å². The van der Waals surface area contributed by atoms with Crippen molar-refractivity contribution in [1.82, 2.24) is 4.31 Å². The van der Waals surface area contributed by atoms with Crippen molar-refractivity contribution in [3.63, 3.8) is 0 Å². The number of anilines is 1. The summed E-state index contributed by atoms with van der Waals surface area (Å²) in [5.41, 5.74) is 6.57. The number of nitrogens with one attached hydrogen (secondary N) is 1. The Hall–Kier alpha value is -1.11. The van der Waals surface area contributed by atoms with Crippen molar-refractivity contribution < 1.29 is 8.42 Å². The lowest BCUT2D eigenvalue weighted by atomic mass is 10.0. The number of hydrogen-bond acceptors (Lipinski definition) is 4. The largest absolute Gasteiger partial charge is 0.381 e. The fourth-order valence-electron chi connectivity index (χ4n) is 1.65. The van der Waals surface area contributed by atoms with Gasteiger partial charge in [-0.15, -0.1) is 0 Å². The molecule has 0 saturated carbocycles. The van der Waals surface area contributed by atoms with Crippen molar-refractivity contribution in [2.75, 3.05) is 26.0 Å². The van der Waals surface area contributed by atoms with Crippen LogP contribution in [0.3, 0.4) is 0 Å². The first-order valence-corrected chi connectivity index (χ1v) is 7.72. The molecule has 0 heterocycles. The lowest BCUT2D eigenvalue weighted by Crippen LogP contribution is -2.33. The number of nitrogens with zero attached hydrogens (tertiary/aromatic N) is 1. The predicted molar refractivity (Wildman–Crippen MR) is 78.6 cm³/mol. The summed E-state index contributed by atoms with van der Waals surface area (Å²) in [6.07, 6.45) is 0. The van der Waals surface area contributed by atoms with E-state index >= 15 is 0 Å². The molecule has 108 valence electrons. The fraction of sp³-hybridized carbons (Fsp3) is 0.538. The van der Waals surface area contributed by atoms with Gasteiger partial charge in [0.25, 0.3) is 0 Å². The molecule has 0 aliphatic carbocycles. The summed E-state index contributed by atoms with van der Waals surface area (Å²) < 4.78 is 25.0. The van der Waals surface area contributed by atoms with E-state index in [9.17, 15) is 8.42 Å². The molecule has 0 bridgehead atoms. The van der Waals surface area contributed by atoms with Gasteiger partial charge in [0.2, 0.25) is 10.0 Å². The quantitative estimate of drug-likeness (QED) is 0.827. The summed E-state index contributed by atoms with van der Waals surface area (Å²) in [7, 11) is -0.326. The third kappa shape index (κ3) is 3.92. The molecule has 0 aliphatic heterocycles. The molecule has 0 saturated heterocycles. The van der Waals surface area contributed by atoms with Crippen molar-refractivity contribution in [1.29, 1.82) is 0 Å². The average Bonchev–Trinajstić information content (AvgIpc) is 2.35. The average molecular weight is 285 g/mol. The van der Waals surface area contributed by atoms with Crippen LogP contribution < -0.4 is 11.1 Å². The molecule has 1 rings (SSSR count). The monoisotopic (exact) mass is 285 g/mol. The Bertz CT molecular complexity index is 495. The first kappa shape index (κ1) is 15.9. The van der Waals surface area contributed by atoms with Crippen LogP contribution in [-0.2, 0) is 10.0 Å². The van der Waals surface area contributed by atoms with E-state index in [1.807, 2.05) is 0 Å². The molecule has 1 aromatic rings. The fourth-order valence-corrected chi connectivity index (χ4v) is 2.55. The Labute approximate surface area is 115 Å². The standard InChI is InChI=1S/C13H23N3O2S/c1-10(2)13(9-14)15-11-5-7-12(8-6-11)19(17,18)16(3)4/h5-8,10,13,15H,9,14H2,1-4H3. The second-order valence-corrected chi connectivity index (χ2v) is 7.19. The van der Waals surface area contributed by atoms with Crippen LogP contribution in [0.1, 0.15) is 13.8 Å². The van der Waals surface area contributed by atoms with Crippen LogP contribution >= 0.6 is 0 Å². The third-order valence-electron chi connectivity index (χ3n) is 3.04. The van der Waals surface area contributed by atoms with Crippen molar-refractivity contribution in [3.05, 3.63) is 24.3 Å². The van der Waals surface area contributed by atoms with Crippen LogP contribution in [0.5, 0.6) is 0 Å². The Kier molecular flexibility index (Phi) is 5.34. The molecule has 6 heteroatoms. The number of sulfonamides is 1. The van der Waals surface area contributed by atoms with Crippen LogP contribution in [0.4, 0.5) is 5.69 Å². The van der Waals surface area contributed by atoms with Gasteiger partial charge >= 0.3 is 0 Å². The summed E-state index contributed by atoms with van der Waals surface area (Å²) in [5, 5.41) is 3.30. The van der Waals surface area contributed by atoms with Crippen LogP contribution in [0, 0.1) is 5.92 Å². The predicted octanol–water partition coefficient (Wildman–Crippen LogP) is 1.33. The van der Waals surface area contributed by atoms with Gasteiger partial charge in [-0.3, -0.25) is 0 Å². The molecule has 19 heavy (non-hydrogen) atoms. The maximum atomic E-state index is 11.9. The Morgan fingerprint density at radius 1 is 1.21 bits per heavy atom. The Balaban J connectivity index is 2.89. The lowest BCUT2D eigenvalue weighted by Gasteiger charge is -2.22. The summed E-state index contributed by atoms with van der Waals surface area (Å²) in [6.45, 7) is 4.72. The van der Waals surface area contributed by atoms with Crippen LogP contribution in [-0.4, -0.2) is 39.4 Å². The molecule has 1 atom stereocenters. The van der Waals surface area contributed by atoms with Crippen molar-refractivity contribution >= 4 is 15.7 Å². The summed E-state index contributed by atoms with van der Waals surface area (Å²) in [6, 6.07) is 6.91. The van der Waals surface area contributed by atoms with Crippen LogP contribution in [0.2, 0.25) is 0 Å². The maximum absolute atomic E-state index is 11.9. The highest BCUT2D eigenvalue weighted by Crippen LogP contribution is 2.18. The highest BCUT2D eigenvalue weighted by molar-refractivity contribution is 7.89. The van der Waals surface area contributed by atoms with Crippen LogP contribution in [0.25, 0.3) is 0 Å². The van der Waals surface area contributed by atoms with Crippen molar-refractivity contribution in [2.45, 2.75) is 24.8 Å². The molecule has 1 unspecified atom stereocenters. The van der Waals surface area contributed by atoms with Gasteiger partial charge in [0.1, 0.15) is 0 Å². The van der Waals surface area contributed by atoms with E-state index in [0.29, 0.717) is 12.5 Å². The highest BCUT2D eigenvalue weighted by Gasteiger charge is 2.17. The second-order valence-electron chi connectivity index (χ2n) is 5.04. The van der Waals surface area contributed by atoms with Gasteiger partial charge in [-0.2, -0.15) is 0 Å². The van der Waals surface area contributed by atoms with E-state index in [2.05, 4.69) is 19.2 Å². The SMILES string of the molecule is CC(C)C(CN)Nc1ccc(S(=O)(=O)N(C)C)cc1. The second kappa shape index (κ2) is 6.36. The Morgan fingerprint density at radius 3 is 2.11 bits per heavy atom. The molecule has 0 fully saturated rings. The number of rotatable bonds is 6. The first-order valence-electron chi connectivity index (χ1n) is 6.28. The van der Waals surface area contributed by atoms with Gasteiger partial charge < -0.3 is 11.1 Å². The maximum Gasteiger partial charge on any atom is 0.242 e. The normalized spacial score (nSPS) is 13.8. The molecule has 3 N–H and O–H groups in total. The molecule has 5 nitrogen and oxygen atoms in total. The van der Waals surface area contributed by atoms with Gasteiger partial charge in [0.05, 0.1) is 4.90 Å². The third-order valence-corrected chi connectivity index (χ3v) is 4.87. The van der Waals surface area contributed by atoms with Gasteiger partial charge in [0.15, 0.2) is 0 Å².